The van der Waals surface area contributed by atoms with Gasteiger partial charge in [-0.05, 0) is 48.9 Å². The minimum Gasteiger partial charge on any atom is -0.354 e. The maximum Gasteiger partial charge on any atom is 0.279 e. The summed E-state index contributed by atoms with van der Waals surface area (Å²) in [4.78, 5) is 66.4. The number of aromatic amines is 2. The molecule has 0 aliphatic carbocycles. The van der Waals surface area contributed by atoms with Gasteiger partial charge in [-0.25, -0.2) is 9.36 Å². The van der Waals surface area contributed by atoms with Gasteiger partial charge in [0.25, 0.3) is 22.9 Å². The smallest absolute Gasteiger partial charge is 0.279 e. The Labute approximate surface area is 245 Å². The van der Waals surface area contributed by atoms with Crippen LogP contribution in [0.1, 0.15) is 44.9 Å². The molecule has 5 rings (SSSR count). The van der Waals surface area contributed by atoms with Crippen molar-refractivity contribution in [1.29, 1.82) is 0 Å². The summed E-state index contributed by atoms with van der Waals surface area (Å²) in [6.07, 6.45) is 5.20. The van der Waals surface area contributed by atoms with E-state index in [1.165, 1.54) is 46.6 Å². The van der Waals surface area contributed by atoms with Crippen molar-refractivity contribution in [2.75, 3.05) is 20.6 Å². The average Bonchev–Trinajstić information content (AvgIpc) is 3.72. The molecule has 218 valence electrons. The number of hydrogen-bond acceptors (Lipinski definition) is 5. The molecule has 4 aromatic rings. The number of rotatable bonds is 8. The molecule has 0 atom stereocenters. The molecule has 3 amide bonds. The Balaban J connectivity index is 1.66. The van der Waals surface area contributed by atoms with E-state index < -0.39 is 22.9 Å². The van der Waals surface area contributed by atoms with E-state index in [0.29, 0.717) is 30.8 Å². The zero-order valence-electron chi connectivity index (χ0n) is 23.5. The zero-order valence-corrected chi connectivity index (χ0v) is 23.5. The number of nitrogens with zero attached hydrogens (tertiary/aromatic N) is 3. The van der Waals surface area contributed by atoms with Crippen molar-refractivity contribution in [3.63, 3.8) is 0 Å². The number of nitrogens with one attached hydrogen (secondary N) is 4. The van der Waals surface area contributed by atoms with Crippen LogP contribution in [0.25, 0.3) is 23.5 Å². The van der Waals surface area contributed by atoms with Crippen LogP contribution in [0, 0.1) is 0 Å². The second-order valence-corrected chi connectivity index (χ2v) is 9.57. The summed E-state index contributed by atoms with van der Waals surface area (Å²) in [5, 5.41) is 10.8. The van der Waals surface area contributed by atoms with E-state index in [-0.39, 0.29) is 34.1 Å². The van der Waals surface area contributed by atoms with Crippen molar-refractivity contribution in [1.82, 2.24) is 35.1 Å². The summed E-state index contributed by atoms with van der Waals surface area (Å²) >= 11 is 0. The van der Waals surface area contributed by atoms with Gasteiger partial charge in [-0.1, -0.05) is 42.1 Å². The van der Waals surface area contributed by atoms with E-state index in [1.54, 1.807) is 54.6 Å². The van der Waals surface area contributed by atoms with Crippen molar-refractivity contribution in [3.8, 4) is 11.4 Å². The van der Waals surface area contributed by atoms with E-state index in [9.17, 15) is 24.0 Å². The van der Waals surface area contributed by atoms with E-state index in [0.717, 1.165) is 0 Å². The van der Waals surface area contributed by atoms with Crippen molar-refractivity contribution < 1.29 is 14.4 Å². The average molecular weight is 580 g/mol. The fourth-order valence-corrected chi connectivity index (χ4v) is 4.73. The largest absolute Gasteiger partial charge is 0.354 e. The molecule has 0 saturated carbocycles. The molecule has 1 fully saturated rings. The highest BCUT2D eigenvalue weighted by atomic mass is 16.2. The predicted molar refractivity (Wildman–Crippen MR) is 161 cm³/mol. The van der Waals surface area contributed by atoms with Gasteiger partial charge in [0.2, 0.25) is 5.91 Å². The van der Waals surface area contributed by atoms with Crippen molar-refractivity contribution in [3.05, 3.63) is 121 Å². The minimum absolute atomic E-state index is 0.0122. The van der Waals surface area contributed by atoms with Crippen LogP contribution in [0.15, 0.2) is 87.8 Å². The first-order chi connectivity index (χ1) is 20.8. The number of allylic oxidation sites excluding steroid dienone is 1. The predicted octanol–water partition coefficient (Wildman–Crippen LogP) is 2.20. The van der Waals surface area contributed by atoms with Crippen LogP contribution in [0.4, 0.5) is 0 Å². The SMILES string of the molecule is CNC(=O)c1[nH]n(-c2ccccc2)c(=O)c1C=C=C(C=Cc1c(C(=O)NC)[nH]n(-c2ccccc2)c1=O)N1CCCC1=O. The molecule has 43 heavy (non-hydrogen) atoms. The Kier molecular flexibility index (Phi) is 8.22. The molecule has 1 aliphatic rings. The van der Waals surface area contributed by atoms with Gasteiger partial charge in [-0.2, -0.15) is 0 Å². The van der Waals surface area contributed by atoms with Gasteiger partial charge in [-0.3, -0.25) is 34.2 Å². The maximum absolute atomic E-state index is 13.4. The fourth-order valence-electron chi connectivity index (χ4n) is 4.73. The van der Waals surface area contributed by atoms with Gasteiger partial charge in [0.15, 0.2) is 0 Å². The van der Waals surface area contributed by atoms with Crippen LogP contribution < -0.4 is 21.8 Å². The normalized spacial score (nSPS) is 12.8. The monoisotopic (exact) mass is 579 g/mol. The Morgan fingerprint density at radius 2 is 1.30 bits per heavy atom. The van der Waals surface area contributed by atoms with Gasteiger partial charge in [0.1, 0.15) is 11.4 Å². The molecular weight excluding hydrogens is 550 g/mol. The number of para-hydroxylation sites is 2. The molecule has 2 aromatic heterocycles. The Bertz CT molecular complexity index is 1900. The van der Waals surface area contributed by atoms with E-state index in [4.69, 9.17) is 0 Å². The third kappa shape index (κ3) is 5.67. The highest BCUT2D eigenvalue weighted by molar-refractivity contribution is 5.96. The summed E-state index contributed by atoms with van der Waals surface area (Å²) in [6, 6.07) is 17.6. The van der Waals surface area contributed by atoms with Crippen LogP contribution in [-0.4, -0.2) is 62.8 Å². The topological polar surface area (TPSA) is 154 Å². The second-order valence-electron chi connectivity index (χ2n) is 9.57. The highest BCUT2D eigenvalue weighted by Gasteiger charge is 2.24. The van der Waals surface area contributed by atoms with Crippen LogP contribution in [0.3, 0.4) is 0 Å². The van der Waals surface area contributed by atoms with Crippen molar-refractivity contribution >= 4 is 29.9 Å². The molecule has 0 unspecified atom stereocenters. The number of carbonyl (C=O) groups excluding carboxylic acids is 3. The van der Waals surface area contributed by atoms with Gasteiger partial charge in [0.05, 0.1) is 28.2 Å². The first-order valence-electron chi connectivity index (χ1n) is 13.5. The number of aromatic nitrogens is 4. The standard InChI is InChI=1S/C31H29N7O5/c1-32-28(40)26-23(30(42)37(34-26)21-10-5-3-6-11-21)17-15-20(36-19-9-14-25(36)39)16-18-24-27(29(41)33-2)35-38(31(24)43)22-12-7-4-8-13-22/h3-8,10-13,15,17-18,34-35H,9,14,19H2,1-2H3,(H,32,40)(H,33,41). The Morgan fingerprint density at radius 3 is 1.79 bits per heavy atom. The minimum atomic E-state index is -0.516. The number of carbonyl (C=O) groups is 3. The lowest BCUT2D eigenvalue weighted by Crippen LogP contribution is -2.23. The first-order valence-corrected chi connectivity index (χ1v) is 13.5. The zero-order chi connectivity index (χ0) is 30.5. The number of amides is 3. The molecular formula is C31H29N7O5. The lowest BCUT2D eigenvalue weighted by atomic mass is 10.2. The van der Waals surface area contributed by atoms with E-state index >= 15 is 0 Å². The molecule has 3 heterocycles. The Hall–Kier alpha value is -5.87. The molecule has 0 spiro atoms. The van der Waals surface area contributed by atoms with Crippen LogP contribution >= 0.6 is 0 Å². The lowest BCUT2D eigenvalue weighted by molar-refractivity contribution is -0.125. The van der Waals surface area contributed by atoms with Crippen LogP contribution in [0.5, 0.6) is 0 Å². The summed E-state index contributed by atoms with van der Waals surface area (Å²) < 4.78 is 2.50. The summed E-state index contributed by atoms with van der Waals surface area (Å²) in [7, 11) is 2.90. The van der Waals surface area contributed by atoms with Gasteiger partial charge in [-0.15, -0.1) is 0 Å². The summed E-state index contributed by atoms with van der Waals surface area (Å²) in [5.41, 5.74) is 3.48. The van der Waals surface area contributed by atoms with Crippen LogP contribution in [-0.2, 0) is 4.79 Å². The maximum atomic E-state index is 13.4. The molecule has 2 aromatic carbocycles. The Morgan fingerprint density at radius 1 is 0.791 bits per heavy atom. The third-order valence-corrected chi connectivity index (χ3v) is 6.93. The fraction of sp³-hybridized carbons (Fsp3) is 0.161. The van der Waals surface area contributed by atoms with Gasteiger partial charge >= 0.3 is 0 Å². The summed E-state index contributed by atoms with van der Waals surface area (Å²) in [5.74, 6) is -1.18. The van der Waals surface area contributed by atoms with Gasteiger partial charge in [0, 0.05) is 27.1 Å². The van der Waals surface area contributed by atoms with E-state index in [1.807, 2.05) is 6.07 Å². The summed E-state index contributed by atoms with van der Waals surface area (Å²) in [6.45, 7) is 0.396. The highest BCUT2D eigenvalue weighted by Crippen LogP contribution is 2.19. The van der Waals surface area contributed by atoms with Crippen molar-refractivity contribution in [2.45, 2.75) is 12.8 Å². The molecule has 0 radical (unpaired) electrons. The molecule has 1 aliphatic heterocycles. The number of likely N-dealkylation sites (tertiary alicyclic amines) is 1. The second kappa shape index (κ2) is 12.3. The number of H-pyrrole nitrogens is 2. The quantitative estimate of drug-likeness (QED) is 0.186. The number of hydrogen-bond donors (Lipinski definition) is 4. The molecule has 1 saturated heterocycles. The molecule has 12 nitrogen and oxygen atoms in total. The molecule has 4 N–H and O–H groups in total. The van der Waals surface area contributed by atoms with Crippen molar-refractivity contribution in [2.24, 2.45) is 0 Å². The number of benzene rings is 2. The van der Waals surface area contributed by atoms with Crippen LogP contribution in [0.2, 0.25) is 0 Å². The molecule has 0 bridgehead atoms. The first kappa shape index (κ1) is 28.7. The third-order valence-electron chi connectivity index (χ3n) is 6.93. The lowest BCUT2D eigenvalue weighted by Gasteiger charge is -2.14. The van der Waals surface area contributed by atoms with Gasteiger partial charge < -0.3 is 15.5 Å². The molecule has 12 heteroatoms. The van der Waals surface area contributed by atoms with E-state index in [2.05, 4.69) is 26.6 Å².